The molecule has 2 aromatic heterocycles. The zero-order valence-corrected chi connectivity index (χ0v) is 15.8. The summed E-state index contributed by atoms with van der Waals surface area (Å²) < 4.78 is 82.1. The molecule has 0 radical (unpaired) electrons. The first kappa shape index (κ1) is 22.2. The number of imidazole rings is 1. The third-order valence-electron chi connectivity index (χ3n) is 4.29. The summed E-state index contributed by atoms with van der Waals surface area (Å²) in [6, 6.07) is 7.45. The van der Waals surface area contributed by atoms with Crippen LogP contribution < -0.4 is 4.74 Å². The fourth-order valence-electron chi connectivity index (χ4n) is 3.03. The molecule has 0 bridgehead atoms. The first-order chi connectivity index (χ1) is 14.4. The van der Waals surface area contributed by atoms with Crippen LogP contribution in [0.25, 0.3) is 22.2 Å². The molecule has 2 heterocycles. The molecule has 3 aromatic rings. The van der Waals surface area contributed by atoms with Gasteiger partial charge < -0.3 is 9.84 Å². The maximum atomic E-state index is 13.6. The molecule has 0 aliphatic heterocycles. The Morgan fingerprint density at radius 3 is 2.19 bits per heavy atom. The van der Waals surface area contributed by atoms with Crippen molar-refractivity contribution >= 4 is 17.1 Å². The summed E-state index contributed by atoms with van der Waals surface area (Å²) in [5.41, 5.74) is 0.666. The van der Waals surface area contributed by atoms with Crippen molar-refractivity contribution in [1.29, 1.82) is 0 Å². The minimum atomic E-state index is -4.87. The summed E-state index contributed by atoms with van der Waals surface area (Å²) in [5.74, 6) is -3.03. The summed E-state index contributed by atoms with van der Waals surface area (Å²) in [4.78, 5) is 14.7. The van der Waals surface area contributed by atoms with Crippen LogP contribution in [-0.2, 0) is 11.0 Å². The largest absolute Gasteiger partial charge is 0.573 e. The Balaban J connectivity index is 2.12. The molecule has 0 aliphatic carbocycles. The van der Waals surface area contributed by atoms with Crippen LogP contribution in [0, 0.1) is 0 Å². The number of carboxylic acid groups (broad SMARTS) is 1. The van der Waals surface area contributed by atoms with Gasteiger partial charge in [-0.15, -0.1) is 13.2 Å². The van der Waals surface area contributed by atoms with Gasteiger partial charge in [0.05, 0.1) is 11.2 Å². The van der Waals surface area contributed by atoms with E-state index in [4.69, 9.17) is 5.11 Å². The molecule has 0 fully saturated rings. The molecule has 1 aromatic carbocycles. The summed E-state index contributed by atoms with van der Waals surface area (Å²) >= 11 is 0. The second-order valence-electron chi connectivity index (χ2n) is 6.39. The van der Waals surface area contributed by atoms with Gasteiger partial charge in [-0.2, -0.15) is 13.2 Å². The van der Waals surface area contributed by atoms with Gasteiger partial charge in [-0.1, -0.05) is 25.1 Å². The van der Waals surface area contributed by atoms with Gasteiger partial charge in [0.15, 0.2) is 0 Å². The summed E-state index contributed by atoms with van der Waals surface area (Å²) in [7, 11) is 0. The average Bonchev–Trinajstić information content (AvgIpc) is 3.04. The van der Waals surface area contributed by atoms with Gasteiger partial charge in [0.1, 0.15) is 5.75 Å². The van der Waals surface area contributed by atoms with Gasteiger partial charge in [-0.3, -0.25) is 4.40 Å². The number of carbonyl (C=O) groups is 1. The van der Waals surface area contributed by atoms with Crippen molar-refractivity contribution in [2.75, 3.05) is 0 Å². The molecule has 31 heavy (non-hydrogen) atoms. The average molecular weight is 444 g/mol. The van der Waals surface area contributed by atoms with Crippen molar-refractivity contribution in [3.63, 3.8) is 0 Å². The lowest BCUT2D eigenvalue weighted by Gasteiger charge is -2.10. The summed E-state index contributed by atoms with van der Waals surface area (Å²) in [5, 5.41) is 8.99. The number of ether oxygens (including phenoxy) is 1. The highest BCUT2D eigenvalue weighted by molar-refractivity contribution is 5.92. The number of aromatic nitrogens is 2. The van der Waals surface area contributed by atoms with Crippen LogP contribution in [0.2, 0.25) is 0 Å². The lowest BCUT2D eigenvalue weighted by atomic mass is 10.1. The minimum absolute atomic E-state index is 0.0439. The van der Waals surface area contributed by atoms with Gasteiger partial charge in [0.2, 0.25) is 5.82 Å². The third kappa shape index (κ3) is 4.98. The number of fused-ring (bicyclic) bond motifs is 1. The van der Waals surface area contributed by atoms with Crippen LogP contribution >= 0.6 is 0 Å². The Hall–Kier alpha value is -3.50. The van der Waals surface area contributed by atoms with Gasteiger partial charge in [-0.05, 0) is 41.3 Å². The molecule has 0 atom stereocenters. The van der Waals surface area contributed by atoms with Crippen LogP contribution in [0.5, 0.6) is 5.75 Å². The van der Waals surface area contributed by atoms with E-state index in [2.05, 4.69) is 9.72 Å². The molecular formula is C20H14F6N2O3. The number of rotatable bonds is 5. The number of carboxylic acids is 1. The van der Waals surface area contributed by atoms with Crippen LogP contribution in [0.4, 0.5) is 26.3 Å². The second-order valence-corrected chi connectivity index (χ2v) is 6.39. The predicted octanol–water partition coefficient (Wildman–Crippen LogP) is 5.80. The molecule has 0 spiro atoms. The zero-order chi connectivity index (χ0) is 23.0. The van der Waals surface area contributed by atoms with E-state index in [1.807, 2.05) is 0 Å². The van der Waals surface area contributed by atoms with E-state index >= 15 is 0 Å². The van der Waals surface area contributed by atoms with Crippen molar-refractivity contribution < 1.29 is 41.0 Å². The van der Waals surface area contributed by atoms with E-state index in [1.165, 1.54) is 24.3 Å². The topological polar surface area (TPSA) is 63.8 Å². The molecule has 1 N–H and O–H groups in total. The predicted molar refractivity (Wildman–Crippen MR) is 98.2 cm³/mol. The maximum Gasteiger partial charge on any atom is 0.573 e. The standard InChI is InChI=1S/C20H14F6N2O3/c1-2-11(9-16(29)30)17-15-8-5-13(10-28(15)18(27-17)19(21,22)23)12-3-6-14(7-4-12)31-20(24,25)26/h3-10H,2H2,1H3,(H,29,30)/b11-9+. The zero-order valence-electron chi connectivity index (χ0n) is 15.8. The molecule has 5 nitrogen and oxygen atoms in total. The van der Waals surface area contributed by atoms with Crippen molar-refractivity contribution in [3.05, 3.63) is 60.2 Å². The molecule has 0 saturated carbocycles. The van der Waals surface area contributed by atoms with E-state index in [0.717, 1.165) is 28.8 Å². The van der Waals surface area contributed by atoms with Crippen LogP contribution in [0.15, 0.2) is 48.7 Å². The molecule has 0 unspecified atom stereocenters. The van der Waals surface area contributed by atoms with Crippen molar-refractivity contribution in [3.8, 4) is 16.9 Å². The van der Waals surface area contributed by atoms with Crippen molar-refractivity contribution in [1.82, 2.24) is 9.38 Å². The normalized spacial score (nSPS) is 12.9. The quantitative estimate of drug-likeness (QED) is 0.399. The molecule has 11 heteroatoms. The number of benzene rings is 1. The smallest absolute Gasteiger partial charge is 0.478 e. The van der Waals surface area contributed by atoms with Crippen molar-refractivity contribution in [2.24, 2.45) is 0 Å². The number of hydrogen-bond donors (Lipinski definition) is 1. The molecular weight excluding hydrogens is 430 g/mol. The Kier molecular flexibility index (Phi) is 5.70. The fourth-order valence-corrected chi connectivity index (χ4v) is 3.03. The number of allylic oxidation sites excluding steroid dienone is 1. The van der Waals surface area contributed by atoms with Gasteiger partial charge >= 0.3 is 18.5 Å². The Morgan fingerprint density at radius 1 is 1.06 bits per heavy atom. The van der Waals surface area contributed by atoms with Crippen molar-refractivity contribution in [2.45, 2.75) is 25.9 Å². The first-order valence-electron chi connectivity index (χ1n) is 8.78. The molecule has 0 amide bonds. The van der Waals surface area contributed by atoms with Crippen LogP contribution in [0.3, 0.4) is 0 Å². The molecule has 0 aliphatic rings. The van der Waals surface area contributed by atoms with Gasteiger partial charge in [0, 0.05) is 12.3 Å². The highest BCUT2D eigenvalue weighted by Gasteiger charge is 2.37. The monoisotopic (exact) mass is 444 g/mol. The summed E-state index contributed by atoms with van der Waals surface area (Å²) in [6.45, 7) is 1.59. The number of aliphatic carboxylic acids is 1. The number of pyridine rings is 1. The van der Waals surface area contributed by atoms with Gasteiger partial charge in [0.25, 0.3) is 0 Å². The van der Waals surface area contributed by atoms with E-state index in [1.54, 1.807) is 6.92 Å². The second kappa shape index (κ2) is 7.97. The van der Waals surface area contributed by atoms with E-state index in [-0.39, 0.29) is 28.8 Å². The first-order valence-corrected chi connectivity index (χ1v) is 8.78. The highest BCUT2D eigenvalue weighted by Crippen LogP contribution is 2.35. The van der Waals surface area contributed by atoms with Crippen LogP contribution in [0.1, 0.15) is 24.9 Å². The molecule has 164 valence electrons. The Labute approximate surface area is 171 Å². The van der Waals surface area contributed by atoms with Gasteiger partial charge in [-0.25, -0.2) is 9.78 Å². The Bertz CT molecular complexity index is 1140. The number of hydrogen-bond acceptors (Lipinski definition) is 3. The number of nitrogens with zero attached hydrogens (tertiary/aromatic N) is 2. The number of halogens is 6. The third-order valence-corrected chi connectivity index (χ3v) is 4.29. The lowest BCUT2D eigenvalue weighted by Crippen LogP contribution is -2.16. The lowest BCUT2D eigenvalue weighted by molar-refractivity contribution is -0.274. The SMILES string of the molecule is CC/C(=C\C(=O)O)c1nc(C(F)(F)F)n2cc(-c3ccc(OC(F)(F)F)cc3)ccc12. The van der Waals surface area contributed by atoms with E-state index in [0.29, 0.717) is 5.56 Å². The van der Waals surface area contributed by atoms with E-state index in [9.17, 15) is 31.1 Å². The minimum Gasteiger partial charge on any atom is -0.478 e. The van der Waals surface area contributed by atoms with Crippen LogP contribution in [-0.4, -0.2) is 26.8 Å². The fraction of sp³-hybridized carbons (Fsp3) is 0.200. The highest BCUT2D eigenvalue weighted by atomic mass is 19.4. The van der Waals surface area contributed by atoms with E-state index < -0.39 is 30.1 Å². The Morgan fingerprint density at radius 2 is 1.68 bits per heavy atom. The number of alkyl halides is 6. The molecule has 3 rings (SSSR count). The maximum absolute atomic E-state index is 13.6. The summed E-state index contributed by atoms with van der Waals surface area (Å²) in [6.07, 6.45) is -7.61. The molecule has 0 saturated heterocycles.